The second kappa shape index (κ2) is 11.7. The molecule has 0 atom stereocenters. The Morgan fingerprint density at radius 1 is 1.00 bits per heavy atom. The number of rotatable bonds is 13. The molecule has 0 aromatic rings. The number of ether oxygens (including phenoxy) is 1. The molecule has 0 bridgehead atoms. The maximum atomic E-state index is 8.73. The van der Waals surface area contributed by atoms with E-state index in [1.54, 1.807) is 0 Å². The first-order chi connectivity index (χ1) is 8.62. The lowest BCUT2D eigenvalue weighted by atomic mass is 9.99. The molecule has 2 heteroatoms. The lowest BCUT2D eigenvalue weighted by molar-refractivity contribution is -0.0394. The predicted octanol–water partition coefficient (Wildman–Crippen LogP) is 4.47. The van der Waals surface area contributed by atoms with Crippen LogP contribution in [-0.2, 0) is 4.74 Å². The summed E-state index contributed by atoms with van der Waals surface area (Å²) in [5, 5.41) is 8.73. The van der Waals surface area contributed by atoms with Crippen molar-refractivity contribution in [3.05, 3.63) is 12.7 Å². The Morgan fingerprint density at radius 2 is 1.56 bits per heavy atom. The third-order valence-electron chi connectivity index (χ3n) is 3.27. The first kappa shape index (κ1) is 17.7. The van der Waals surface area contributed by atoms with Crippen LogP contribution in [0.2, 0.25) is 0 Å². The lowest BCUT2D eigenvalue weighted by Crippen LogP contribution is -2.25. The molecule has 0 radical (unpaired) electrons. The summed E-state index contributed by atoms with van der Waals surface area (Å²) in [5.74, 6) is 0. The fraction of sp³-hybridized carbons (Fsp3) is 0.875. The number of aliphatic hydroxyl groups is 1. The number of hydrogen-bond acceptors (Lipinski definition) is 2. The molecule has 2 nitrogen and oxygen atoms in total. The van der Waals surface area contributed by atoms with E-state index in [1.807, 2.05) is 6.08 Å². The molecule has 0 spiro atoms. The van der Waals surface area contributed by atoms with Crippen molar-refractivity contribution < 1.29 is 9.84 Å². The quantitative estimate of drug-likeness (QED) is 0.389. The van der Waals surface area contributed by atoms with E-state index < -0.39 is 0 Å². The number of allylic oxidation sites excluding steroid dienone is 1. The molecule has 0 unspecified atom stereocenters. The molecule has 18 heavy (non-hydrogen) atoms. The third-order valence-corrected chi connectivity index (χ3v) is 3.27. The molecule has 0 amide bonds. The highest BCUT2D eigenvalue weighted by atomic mass is 16.5. The molecule has 0 aliphatic carbocycles. The molecular weight excluding hydrogens is 224 g/mol. The fourth-order valence-electron chi connectivity index (χ4n) is 2.12. The smallest absolute Gasteiger partial charge is 0.0704 e. The highest BCUT2D eigenvalue weighted by Gasteiger charge is 2.16. The average molecular weight is 256 g/mol. The SMILES string of the molecule is C=CCCCCCCCCCC(C)(C)OCCO. The standard InChI is InChI=1S/C16H32O2/c1-4-5-6-7-8-9-10-11-12-13-16(2,3)18-15-14-17/h4,17H,1,5-15H2,2-3H3. The van der Waals surface area contributed by atoms with Gasteiger partial charge in [-0.05, 0) is 33.1 Å². The highest BCUT2D eigenvalue weighted by Crippen LogP contribution is 2.19. The molecule has 0 saturated heterocycles. The van der Waals surface area contributed by atoms with Gasteiger partial charge in [0.25, 0.3) is 0 Å². The first-order valence-electron chi connectivity index (χ1n) is 7.48. The molecule has 0 aliphatic rings. The molecule has 0 aliphatic heterocycles. The van der Waals surface area contributed by atoms with Crippen LogP contribution in [0.5, 0.6) is 0 Å². The summed E-state index contributed by atoms with van der Waals surface area (Å²) < 4.78 is 5.59. The van der Waals surface area contributed by atoms with Gasteiger partial charge in [-0.1, -0.05) is 44.6 Å². The van der Waals surface area contributed by atoms with Crippen molar-refractivity contribution in [3.63, 3.8) is 0 Å². The molecule has 108 valence electrons. The summed E-state index contributed by atoms with van der Waals surface area (Å²) in [5.41, 5.74) is -0.0767. The Balaban J connectivity index is 3.26. The first-order valence-corrected chi connectivity index (χ1v) is 7.48. The summed E-state index contributed by atoms with van der Waals surface area (Å²) in [4.78, 5) is 0. The van der Waals surface area contributed by atoms with Crippen LogP contribution in [-0.4, -0.2) is 23.9 Å². The predicted molar refractivity (Wildman–Crippen MR) is 78.9 cm³/mol. The van der Waals surface area contributed by atoms with E-state index in [2.05, 4.69) is 20.4 Å². The van der Waals surface area contributed by atoms with Crippen LogP contribution in [0.15, 0.2) is 12.7 Å². The van der Waals surface area contributed by atoms with E-state index in [-0.39, 0.29) is 12.2 Å². The fourth-order valence-corrected chi connectivity index (χ4v) is 2.12. The van der Waals surface area contributed by atoms with Gasteiger partial charge in [-0.2, -0.15) is 0 Å². The summed E-state index contributed by atoms with van der Waals surface area (Å²) in [7, 11) is 0. The van der Waals surface area contributed by atoms with Gasteiger partial charge in [0.05, 0.1) is 18.8 Å². The van der Waals surface area contributed by atoms with Crippen LogP contribution >= 0.6 is 0 Å². The van der Waals surface area contributed by atoms with Gasteiger partial charge in [-0.25, -0.2) is 0 Å². The van der Waals surface area contributed by atoms with E-state index in [9.17, 15) is 0 Å². The minimum absolute atomic E-state index is 0.0767. The van der Waals surface area contributed by atoms with Gasteiger partial charge in [0.2, 0.25) is 0 Å². The maximum absolute atomic E-state index is 8.73. The van der Waals surface area contributed by atoms with Gasteiger partial charge < -0.3 is 9.84 Å². The summed E-state index contributed by atoms with van der Waals surface area (Å²) in [6.07, 6.45) is 13.5. The summed E-state index contributed by atoms with van der Waals surface area (Å²) in [6, 6.07) is 0. The van der Waals surface area contributed by atoms with Crippen molar-refractivity contribution in [2.75, 3.05) is 13.2 Å². The average Bonchev–Trinajstić information content (AvgIpc) is 2.34. The zero-order valence-electron chi connectivity index (χ0n) is 12.4. The molecular formula is C16H32O2. The van der Waals surface area contributed by atoms with Crippen LogP contribution in [0, 0.1) is 0 Å². The molecule has 0 heterocycles. The zero-order valence-corrected chi connectivity index (χ0v) is 12.4. The Morgan fingerprint density at radius 3 is 2.11 bits per heavy atom. The van der Waals surface area contributed by atoms with Crippen LogP contribution in [0.25, 0.3) is 0 Å². The lowest BCUT2D eigenvalue weighted by Gasteiger charge is -2.24. The van der Waals surface area contributed by atoms with E-state index >= 15 is 0 Å². The van der Waals surface area contributed by atoms with Crippen molar-refractivity contribution in [2.45, 2.75) is 77.2 Å². The van der Waals surface area contributed by atoms with Gasteiger partial charge in [0.15, 0.2) is 0 Å². The van der Waals surface area contributed by atoms with Crippen LogP contribution in [0.1, 0.15) is 71.6 Å². The second-order valence-corrected chi connectivity index (χ2v) is 5.63. The number of hydrogen-bond donors (Lipinski definition) is 1. The molecule has 0 fully saturated rings. The van der Waals surface area contributed by atoms with E-state index in [0.29, 0.717) is 6.61 Å². The van der Waals surface area contributed by atoms with Crippen molar-refractivity contribution in [2.24, 2.45) is 0 Å². The maximum Gasteiger partial charge on any atom is 0.0704 e. The van der Waals surface area contributed by atoms with Crippen LogP contribution in [0.3, 0.4) is 0 Å². The van der Waals surface area contributed by atoms with E-state index in [4.69, 9.17) is 9.84 Å². The van der Waals surface area contributed by atoms with Gasteiger partial charge in [-0.15, -0.1) is 6.58 Å². The van der Waals surface area contributed by atoms with Crippen molar-refractivity contribution in [1.29, 1.82) is 0 Å². The van der Waals surface area contributed by atoms with Gasteiger partial charge in [0, 0.05) is 0 Å². The Kier molecular flexibility index (Phi) is 11.5. The summed E-state index contributed by atoms with van der Waals surface area (Å²) >= 11 is 0. The monoisotopic (exact) mass is 256 g/mol. The van der Waals surface area contributed by atoms with Crippen molar-refractivity contribution in [3.8, 4) is 0 Å². The molecule has 1 N–H and O–H groups in total. The molecule has 0 saturated carbocycles. The van der Waals surface area contributed by atoms with E-state index in [1.165, 1.54) is 44.9 Å². The number of aliphatic hydroxyl groups excluding tert-OH is 1. The van der Waals surface area contributed by atoms with Crippen LogP contribution < -0.4 is 0 Å². The van der Waals surface area contributed by atoms with E-state index in [0.717, 1.165) is 12.8 Å². The minimum Gasteiger partial charge on any atom is -0.394 e. The Bertz CT molecular complexity index is 188. The largest absolute Gasteiger partial charge is 0.394 e. The highest BCUT2D eigenvalue weighted by molar-refractivity contribution is 4.68. The molecule has 0 aromatic heterocycles. The Hall–Kier alpha value is -0.340. The zero-order chi connectivity index (χ0) is 13.7. The minimum atomic E-state index is -0.0767. The van der Waals surface area contributed by atoms with Crippen molar-refractivity contribution >= 4 is 0 Å². The molecule has 0 aromatic carbocycles. The van der Waals surface area contributed by atoms with Gasteiger partial charge >= 0.3 is 0 Å². The normalized spacial score (nSPS) is 11.7. The third kappa shape index (κ3) is 12.1. The van der Waals surface area contributed by atoms with Gasteiger partial charge in [-0.3, -0.25) is 0 Å². The van der Waals surface area contributed by atoms with Gasteiger partial charge in [0.1, 0.15) is 0 Å². The number of unbranched alkanes of at least 4 members (excludes halogenated alkanes) is 7. The second-order valence-electron chi connectivity index (χ2n) is 5.63. The topological polar surface area (TPSA) is 29.5 Å². The summed E-state index contributed by atoms with van der Waals surface area (Å²) in [6.45, 7) is 8.53. The van der Waals surface area contributed by atoms with Crippen LogP contribution in [0.4, 0.5) is 0 Å². The Labute approximate surface area is 113 Å². The molecule has 0 rings (SSSR count). The van der Waals surface area contributed by atoms with Crippen molar-refractivity contribution in [1.82, 2.24) is 0 Å².